The molecule has 1 aliphatic rings. The van der Waals surface area contributed by atoms with Gasteiger partial charge in [0, 0.05) is 19.2 Å². The molecule has 19 heavy (non-hydrogen) atoms. The zero-order valence-electron chi connectivity index (χ0n) is 11.7. The summed E-state index contributed by atoms with van der Waals surface area (Å²) in [5.74, 6) is 1.58. The minimum atomic E-state index is -0.584. The molecule has 0 bridgehead atoms. The maximum atomic E-state index is 10.6. The van der Waals surface area contributed by atoms with Crippen LogP contribution in [0.2, 0.25) is 0 Å². The lowest BCUT2D eigenvalue weighted by molar-refractivity contribution is 0.0380. The SMILES string of the molecule is CCNc1cc(NCC2(O)CCCCCC2)ncn1. The van der Waals surface area contributed by atoms with E-state index in [1.165, 1.54) is 19.2 Å². The Kier molecular flexibility index (Phi) is 4.96. The molecule has 0 unspecified atom stereocenters. The highest BCUT2D eigenvalue weighted by Crippen LogP contribution is 2.27. The first-order chi connectivity index (χ1) is 9.22. The van der Waals surface area contributed by atoms with Crippen molar-refractivity contribution in [2.45, 2.75) is 51.0 Å². The normalized spacial score (nSPS) is 18.6. The van der Waals surface area contributed by atoms with Crippen molar-refractivity contribution in [3.8, 4) is 0 Å². The van der Waals surface area contributed by atoms with Crippen molar-refractivity contribution in [1.29, 1.82) is 0 Å². The van der Waals surface area contributed by atoms with Crippen LogP contribution in [0.1, 0.15) is 45.4 Å². The number of hydrogen-bond acceptors (Lipinski definition) is 5. The van der Waals surface area contributed by atoms with Gasteiger partial charge in [0.05, 0.1) is 5.60 Å². The molecule has 1 heterocycles. The van der Waals surface area contributed by atoms with Crippen molar-refractivity contribution in [1.82, 2.24) is 9.97 Å². The summed E-state index contributed by atoms with van der Waals surface area (Å²) in [6.45, 7) is 3.43. The Hall–Kier alpha value is -1.36. The number of anilines is 2. The van der Waals surface area contributed by atoms with Crippen LogP contribution in [-0.4, -0.2) is 33.8 Å². The van der Waals surface area contributed by atoms with Crippen LogP contribution in [0.3, 0.4) is 0 Å². The molecule has 1 aromatic heterocycles. The summed E-state index contributed by atoms with van der Waals surface area (Å²) >= 11 is 0. The Labute approximate surface area is 114 Å². The second-order valence-corrected chi connectivity index (χ2v) is 5.31. The van der Waals surface area contributed by atoms with E-state index in [0.717, 1.165) is 43.9 Å². The molecule has 0 aliphatic heterocycles. The van der Waals surface area contributed by atoms with E-state index < -0.39 is 5.60 Å². The smallest absolute Gasteiger partial charge is 0.131 e. The standard InChI is InChI=1S/C14H24N4O/c1-2-15-12-9-13(18-11-17-12)16-10-14(19)7-5-3-4-6-8-14/h9,11,19H,2-8,10H2,1H3,(H2,15,16,17,18). The first-order valence-electron chi connectivity index (χ1n) is 7.24. The average Bonchev–Trinajstić information content (AvgIpc) is 2.63. The van der Waals surface area contributed by atoms with Crippen LogP contribution < -0.4 is 10.6 Å². The van der Waals surface area contributed by atoms with E-state index in [0.29, 0.717) is 6.54 Å². The highest BCUT2D eigenvalue weighted by atomic mass is 16.3. The van der Waals surface area contributed by atoms with Crippen LogP contribution in [0.15, 0.2) is 12.4 Å². The lowest BCUT2D eigenvalue weighted by atomic mass is 9.94. The molecule has 5 nitrogen and oxygen atoms in total. The highest BCUT2D eigenvalue weighted by Gasteiger charge is 2.27. The number of hydrogen-bond donors (Lipinski definition) is 3. The second kappa shape index (κ2) is 6.70. The summed E-state index contributed by atoms with van der Waals surface area (Å²) in [4.78, 5) is 8.32. The third-order valence-corrected chi connectivity index (χ3v) is 3.66. The Bertz CT molecular complexity index is 389. The Morgan fingerprint density at radius 1 is 1.11 bits per heavy atom. The van der Waals surface area contributed by atoms with Crippen molar-refractivity contribution in [3.63, 3.8) is 0 Å². The van der Waals surface area contributed by atoms with Gasteiger partial charge in [-0.25, -0.2) is 9.97 Å². The maximum absolute atomic E-state index is 10.6. The molecule has 1 fully saturated rings. The number of nitrogens with zero attached hydrogens (tertiary/aromatic N) is 2. The molecule has 1 saturated carbocycles. The number of rotatable bonds is 5. The molecule has 0 atom stereocenters. The van der Waals surface area contributed by atoms with E-state index in [-0.39, 0.29) is 0 Å². The minimum Gasteiger partial charge on any atom is -0.388 e. The number of aromatic nitrogens is 2. The van der Waals surface area contributed by atoms with Crippen molar-refractivity contribution < 1.29 is 5.11 Å². The van der Waals surface area contributed by atoms with Gasteiger partial charge in [-0.15, -0.1) is 0 Å². The van der Waals surface area contributed by atoms with E-state index >= 15 is 0 Å². The van der Waals surface area contributed by atoms with Crippen molar-refractivity contribution in [3.05, 3.63) is 12.4 Å². The van der Waals surface area contributed by atoms with Crippen molar-refractivity contribution >= 4 is 11.6 Å². The van der Waals surface area contributed by atoms with Gasteiger partial charge in [0.15, 0.2) is 0 Å². The topological polar surface area (TPSA) is 70.1 Å². The lowest BCUT2D eigenvalue weighted by Crippen LogP contribution is -2.36. The molecular formula is C14H24N4O. The largest absolute Gasteiger partial charge is 0.388 e. The van der Waals surface area contributed by atoms with E-state index in [2.05, 4.69) is 20.6 Å². The first kappa shape index (κ1) is 14.1. The molecule has 0 aromatic carbocycles. The van der Waals surface area contributed by atoms with E-state index in [1.807, 2.05) is 13.0 Å². The summed E-state index contributed by atoms with van der Waals surface area (Å²) in [5, 5.41) is 17.0. The number of aliphatic hydroxyl groups is 1. The van der Waals surface area contributed by atoms with E-state index in [1.54, 1.807) is 0 Å². The molecule has 1 aromatic rings. The van der Waals surface area contributed by atoms with Crippen molar-refractivity contribution in [2.75, 3.05) is 23.7 Å². The predicted molar refractivity (Wildman–Crippen MR) is 77.3 cm³/mol. The van der Waals surface area contributed by atoms with Gasteiger partial charge >= 0.3 is 0 Å². The van der Waals surface area contributed by atoms with Gasteiger partial charge in [0.2, 0.25) is 0 Å². The fourth-order valence-corrected chi connectivity index (χ4v) is 2.55. The molecule has 3 N–H and O–H groups in total. The Morgan fingerprint density at radius 2 is 1.74 bits per heavy atom. The summed E-state index contributed by atoms with van der Waals surface area (Å²) in [5.41, 5.74) is -0.584. The van der Waals surface area contributed by atoms with E-state index in [4.69, 9.17) is 0 Å². The van der Waals surface area contributed by atoms with Gasteiger partial charge in [-0.3, -0.25) is 0 Å². The maximum Gasteiger partial charge on any atom is 0.131 e. The number of nitrogens with one attached hydrogen (secondary N) is 2. The van der Waals surface area contributed by atoms with Crippen LogP contribution in [-0.2, 0) is 0 Å². The molecule has 0 radical (unpaired) electrons. The Balaban J connectivity index is 1.91. The van der Waals surface area contributed by atoms with Crippen LogP contribution in [0.5, 0.6) is 0 Å². The lowest BCUT2D eigenvalue weighted by Gasteiger charge is -2.27. The highest BCUT2D eigenvalue weighted by molar-refractivity contribution is 5.46. The Morgan fingerprint density at radius 3 is 2.37 bits per heavy atom. The molecule has 5 heteroatoms. The van der Waals surface area contributed by atoms with Gasteiger partial charge < -0.3 is 15.7 Å². The van der Waals surface area contributed by atoms with Gasteiger partial charge in [-0.2, -0.15) is 0 Å². The van der Waals surface area contributed by atoms with Crippen LogP contribution in [0.4, 0.5) is 11.6 Å². The quantitative estimate of drug-likeness (QED) is 0.712. The molecular weight excluding hydrogens is 240 g/mol. The predicted octanol–water partition coefficient (Wildman–Crippen LogP) is 2.41. The van der Waals surface area contributed by atoms with Gasteiger partial charge in [0.1, 0.15) is 18.0 Å². The van der Waals surface area contributed by atoms with Crippen LogP contribution in [0.25, 0.3) is 0 Å². The fourth-order valence-electron chi connectivity index (χ4n) is 2.55. The zero-order valence-corrected chi connectivity index (χ0v) is 11.7. The van der Waals surface area contributed by atoms with Gasteiger partial charge in [-0.05, 0) is 19.8 Å². The minimum absolute atomic E-state index is 0.565. The van der Waals surface area contributed by atoms with Gasteiger partial charge in [-0.1, -0.05) is 25.7 Å². The summed E-state index contributed by atoms with van der Waals surface area (Å²) in [6.07, 6.45) is 8.00. The molecule has 106 valence electrons. The zero-order chi connectivity index (χ0) is 13.6. The molecule has 1 aliphatic carbocycles. The molecule has 2 rings (SSSR count). The monoisotopic (exact) mass is 264 g/mol. The van der Waals surface area contributed by atoms with E-state index in [9.17, 15) is 5.11 Å². The van der Waals surface area contributed by atoms with Gasteiger partial charge in [0.25, 0.3) is 0 Å². The average molecular weight is 264 g/mol. The van der Waals surface area contributed by atoms with Crippen molar-refractivity contribution in [2.24, 2.45) is 0 Å². The molecule has 0 spiro atoms. The van der Waals surface area contributed by atoms with Crippen LogP contribution >= 0.6 is 0 Å². The summed E-state index contributed by atoms with van der Waals surface area (Å²) < 4.78 is 0. The summed E-state index contributed by atoms with van der Waals surface area (Å²) in [7, 11) is 0. The molecule has 0 saturated heterocycles. The third-order valence-electron chi connectivity index (χ3n) is 3.66. The summed E-state index contributed by atoms with van der Waals surface area (Å²) in [6, 6.07) is 1.88. The van der Waals surface area contributed by atoms with Crippen LogP contribution in [0, 0.1) is 0 Å². The first-order valence-corrected chi connectivity index (χ1v) is 7.24. The molecule has 0 amide bonds. The third kappa shape index (κ3) is 4.35. The fraction of sp³-hybridized carbons (Fsp3) is 0.714. The second-order valence-electron chi connectivity index (χ2n) is 5.31.